The lowest BCUT2D eigenvalue weighted by molar-refractivity contribution is 0.163. The Labute approximate surface area is 126 Å². The Hall–Kier alpha value is -1.74. The van der Waals surface area contributed by atoms with E-state index in [0.29, 0.717) is 0 Å². The van der Waals surface area contributed by atoms with Crippen LogP contribution in [0.25, 0.3) is 0 Å². The van der Waals surface area contributed by atoms with E-state index in [4.69, 9.17) is 9.15 Å². The van der Waals surface area contributed by atoms with Crippen LogP contribution < -0.4 is 10.1 Å². The number of nitrogens with one attached hydrogen (secondary N) is 1. The minimum Gasteiger partial charge on any atom is -0.488 e. The van der Waals surface area contributed by atoms with E-state index >= 15 is 0 Å². The van der Waals surface area contributed by atoms with E-state index in [9.17, 15) is 0 Å². The van der Waals surface area contributed by atoms with Gasteiger partial charge in [0.1, 0.15) is 29.4 Å². The van der Waals surface area contributed by atoms with Crippen molar-refractivity contribution in [1.29, 1.82) is 0 Å². The van der Waals surface area contributed by atoms with Crippen LogP contribution in [0.15, 0.2) is 40.8 Å². The number of hydrogen-bond acceptors (Lipinski definition) is 3. The zero-order valence-corrected chi connectivity index (χ0v) is 12.8. The predicted octanol–water partition coefficient (Wildman–Crippen LogP) is 3.89. The summed E-state index contributed by atoms with van der Waals surface area (Å²) in [7, 11) is 0. The lowest BCUT2D eigenvalue weighted by Gasteiger charge is -2.22. The maximum atomic E-state index is 6.14. The Morgan fingerprint density at radius 3 is 2.76 bits per heavy atom. The number of ether oxygens (including phenoxy) is 1. The molecule has 0 radical (unpaired) electrons. The van der Waals surface area contributed by atoms with Crippen molar-refractivity contribution in [2.24, 2.45) is 0 Å². The summed E-state index contributed by atoms with van der Waals surface area (Å²) in [6.07, 6.45) is 3.05. The van der Waals surface area contributed by atoms with Gasteiger partial charge in [-0.1, -0.05) is 32.0 Å². The van der Waals surface area contributed by atoms with Gasteiger partial charge in [-0.15, -0.1) is 0 Å². The molecule has 0 aliphatic carbocycles. The highest BCUT2D eigenvalue weighted by molar-refractivity contribution is 5.38. The summed E-state index contributed by atoms with van der Waals surface area (Å²) in [5.41, 5.74) is 1.29. The molecule has 2 unspecified atom stereocenters. The van der Waals surface area contributed by atoms with Crippen LogP contribution in [0.4, 0.5) is 0 Å². The molecule has 112 valence electrons. The molecule has 0 saturated carbocycles. The molecule has 3 heteroatoms. The van der Waals surface area contributed by atoms with E-state index in [-0.39, 0.29) is 12.1 Å². The number of hydrogen-bond donors (Lipinski definition) is 1. The monoisotopic (exact) mass is 285 g/mol. The topological polar surface area (TPSA) is 34.4 Å². The summed E-state index contributed by atoms with van der Waals surface area (Å²) in [6, 6.07) is 12.5. The molecule has 1 N–H and O–H groups in total. The van der Waals surface area contributed by atoms with Crippen molar-refractivity contribution in [3.8, 4) is 5.75 Å². The van der Waals surface area contributed by atoms with Gasteiger partial charge >= 0.3 is 0 Å². The molecule has 0 bridgehead atoms. The third-order valence-electron chi connectivity index (χ3n) is 4.00. The van der Waals surface area contributed by atoms with Gasteiger partial charge in [-0.25, -0.2) is 0 Å². The molecule has 2 aromatic rings. The van der Waals surface area contributed by atoms with Crippen molar-refractivity contribution in [3.05, 3.63) is 53.5 Å². The van der Waals surface area contributed by atoms with Gasteiger partial charge in [-0.2, -0.15) is 0 Å². The van der Waals surface area contributed by atoms with Gasteiger partial charge in [0.2, 0.25) is 0 Å². The zero-order chi connectivity index (χ0) is 14.7. The third kappa shape index (κ3) is 2.98. The fourth-order valence-corrected chi connectivity index (χ4v) is 2.86. The SMILES string of the molecule is CCCNC(c1ccc(CC)o1)C1Cc2ccccc2O1. The molecule has 0 fully saturated rings. The highest BCUT2D eigenvalue weighted by atomic mass is 16.5. The normalized spacial score (nSPS) is 18.3. The van der Waals surface area contributed by atoms with Crippen molar-refractivity contribution < 1.29 is 9.15 Å². The Morgan fingerprint density at radius 1 is 1.19 bits per heavy atom. The standard InChI is InChI=1S/C18H23NO2/c1-3-11-19-18(16-10-9-14(4-2)20-16)17-12-13-7-5-6-8-15(13)21-17/h5-10,17-19H,3-4,11-12H2,1-2H3. The average molecular weight is 285 g/mol. The fraction of sp³-hybridized carbons (Fsp3) is 0.444. The molecule has 1 aliphatic rings. The molecule has 0 saturated heterocycles. The number of rotatable bonds is 6. The minimum atomic E-state index is 0.102. The second kappa shape index (κ2) is 6.35. The number of aryl methyl sites for hydroxylation is 1. The molecule has 21 heavy (non-hydrogen) atoms. The van der Waals surface area contributed by atoms with Gasteiger partial charge < -0.3 is 14.5 Å². The summed E-state index contributed by atoms with van der Waals surface area (Å²) < 4.78 is 12.1. The first-order chi connectivity index (χ1) is 10.3. The van der Waals surface area contributed by atoms with E-state index in [1.165, 1.54) is 5.56 Å². The molecule has 1 aromatic heterocycles. The van der Waals surface area contributed by atoms with Crippen LogP contribution in [0.5, 0.6) is 5.75 Å². The second-order valence-corrected chi connectivity index (χ2v) is 5.56. The van der Waals surface area contributed by atoms with Crippen LogP contribution in [0.3, 0.4) is 0 Å². The van der Waals surface area contributed by atoms with Gasteiger partial charge in [0.25, 0.3) is 0 Å². The molecule has 1 aromatic carbocycles. The fourth-order valence-electron chi connectivity index (χ4n) is 2.86. The van der Waals surface area contributed by atoms with Crippen LogP contribution in [0.1, 0.15) is 43.4 Å². The number of para-hydroxylation sites is 1. The second-order valence-electron chi connectivity index (χ2n) is 5.56. The van der Waals surface area contributed by atoms with Crippen molar-refractivity contribution in [2.75, 3.05) is 6.54 Å². The van der Waals surface area contributed by atoms with Gasteiger partial charge in [0.15, 0.2) is 0 Å². The molecule has 2 heterocycles. The van der Waals surface area contributed by atoms with E-state index < -0.39 is 0 Å². The average Bonchev–Trinajstić information content (AvgIpc) is 3.14. The number of benzene rings is 1. The third-order valence-corrected chi connectivity index (χ3v) is 4.00. The minimum absolute atomic E-state index is 0.102. The first kappa shape index (κ1) is 14.2. The molecule has 2 atom stereocenters. The quantitative estimate of drug-likeness (QED) is 0.874. The van der Waals surface area contributed by atoms with Crippen LogP contribution >= 0.6 is 0 Å². The van der Waals surface area contributed by atoms with Crippen molar-refractivity contribution >= 4 is 0 Å². The highest BCUT2D eigenvalue weighted by Crippen LogP contribution is 2.34. The summed E-state index contributed by atoms with van der Waals surface area (Å²) in [5.74, 6) is 3.02. The number of fused-ring (bicyclic) bond motifs is 1. The lowest BCUT2D eigenvalue weighted by atomic mass is 10.0. The largest absolute Gasteiger partial charge is 0.488 e. The maximum absolute atomic E-state index is 6.14. The molecular weight excluding hydrogens is 262 g/mol. The van der Waals surface area contributed by atoms with E-state index in [2.05, 4.69) is 43.4 Å². The van der Waals surface area contributed by atoms with Gasteiger partial charge in [0.05, 0.1) is 0 Å². The first-order valence-corrected chi connectivity index (χ1v) is 7.88. The Morgan fingerprint density at radius 2 is 2.05 bits per heavy atom. The smallest absolute Gasteiger partial charge is 0.125 e. The summed E-state index contributed by atoms with van der Waals surface area (Å²) in [6.45, 7) is 5.25. The molecule has 0 amide bonds. The molecular formula is C18H23NO2. The maximum Gasteiger partial charge on any atom is 0.125 e. The van der Waals surface area contributed by atoms with Gasteiger partial charge in [-0.05, 0) is 36.7 Å². The zero-order valence-electron chi connectivity index (χ0n) is 12.8. The summed E-state index contributed by atoms with van der Waals surface area (Å²) >= 11 is 0. The molecule has 3 nitrogen and oxygen atoms in total. The summed E-state index contributed by atoms with van der Waals surface area (Å²) in [4.78, 5) is 0. The predicted molar refractivity (Wildman–Crippen MR) is 83.7 cm³/mol. The summed E-state index contributed by atoms with van der Waals surface area (Å²) in [5, 5.41) is 3.58. The van der Waals surface area contributed by atoms with Crippen molar-refractivity contribution in [1.82, 2.24) is 5.32 Å². The van der Waals surface area contributed by atoms with E-state index in [0.717, 1.165) is 43.1 Å². The lowest BCUT2D eigenvalue weighted by Crippen LogP contribution is -2.35. The van der Waals surface area contributed by atoms with Crippen LogP contribution in [-0.2, 0) is 12.8 Å². The Kier molecular flexibility index (Phi) is 4.30. The molecule has 1 aliphatic heterocycles. The van der Waals surface area contributed by atoms with E-state index in [1.807, 2.05) is 12.1 Å². The Bertz CT molecular complexity index is 565. The van der Waals surface area contributed by atoms with Crippen molar-refractivity contribution in [2.45, 2.75) is 45.3 Å². The Balaban J connectivity index is 1.80. The first-order valence-electron chi connectivity index (χ1n) is 7.88. The van der Waals surface area contributed by atoms with E-state index in [1.54, 1.807) is 0 Å². The van der Waals surface area contributed by atoms with Crippen LogP contribution in [0, 0.1) is 0 Å². The van der Waals surface area contributed by atoms with Gasteiger partial charge in [-0.3, -0.25) is 0 Å². The number of furan rings is 1. The highest BCUT2D eigenvalue weighted by Gasteiger charge is 2.32. The molecule has 3 rings (SSSR count). The van der Waals surface area contributed by atoms with Gasteiger partial charge in [0, 0.05) is 12.8 Å². The van der Waals surface area contributed by atoms with Crippen LogP contribution in [0.2, 0.25) is 0 Å². The van der Waals surface area contributed by atoms with Crippen LogP contribution in [-0.4, -0.2) is 12.6 Å². The van der Waals surface area contributed by atoms with Crippen molar-refractivity contribution in [3.63, 3.8) is 0 Å². The molecule has 0 spiro atoms.